The lowest BCUT2D eigenvalue weighted by Crippen LogP contribution is -2.52. The number of nitrogens with one attached hydrogen (secondary N) is 1. The van der Waals surface area contributed by atoms with Crippen LogP contribution < -0.4 is 4.72 Å². The molecule has 1 N–H and O–H groups in total. The van der Waals surface area contributed by atoms with Crippen LogP contribution in [0, 0.1) is 0 Å². The topological polar surface area (TPSA) is 109 Å². The fraction of sp³-hybridized carbons (Fsp3) is 0.381. The van der Waals surface area contributed by atoms with Crippen molar-refractivity contribution in [2.24, 2.45) is 0 Å². The Balaban J connectivity index is 1.36. The number of aromatic nitrogens is 1. The van der Waals surface area contributed by atoms with Crippen molar-refractivity contribution in [2.75, 3.05) is 37.5 Å². The normalized spacial score (nSPS) is 19.3. The number of sulfonamides is 1. The molecule has 10 heteroatoms. The van der Waals surface area contributed by atoms with Crippen LogP contribution in [-0.2, 0) is 19.6 Å². The minimum Gasteiger partial charge on any atom is -0.368 e. The predicted octanol–water partition coefficient (Wildman–Crippen LogP) is 1.35. The highest BCUT2D eigenvalue weighted by atomic mass is 32.2. The monoisotopic (exact) mass is 444 g/mol. The van der Waals surface area contributed by atoms with Gasteiger partial charge in [0.15, 0.2) is 0 Å². The third-order valence-corrected chi connectivity index (χ3v) is 6.82. The van der Waals surface area contributed by atoms with E-state index in [1.165, 1.54) is 36.7 Å². The third-order valence-electron chi connectivity index (χ3n) is 5.43. The molecule has 1 unspecified atom stereocenters. The highest BCUT2D eigenvalue weighted by Crippen LogP contribution is 2.19. The zero-order valence-electron chi connectivity index (χ0n) is 16.9. The van der Waals surface area contributed by atoms with Gasteiger partial charge in [0, 0.05) is 50.7 Å². The Morgan fingerprint density at radius 1 is 0.968 bits per heavy atom. The SMILES string of the molecule is O=C(c1ccc(S(=O)(=O)Nc2ccncc2)cc1)N1CCN(C(=O)C2CCCO2)CC1. The van der Waals surface area contributed by atoms with Crippen molar-refractivity contribution in [1.29, 1.82) is 0 Å². The van der Waals surface area contributed by atoms with E-state index in [1.807, 2.05) is 0 Å². The summed E-state index contributed by atoms with van der Waals surface area (Å²) in [5.74, 6) is -0.184. The lowest BCUT2D eigenvalue weighted by Gasteiger charge is -2.35. The molecule has 0 aliphatic carbocycles. The summed E-state index contributed by atoms with van der Waals surface area (Å²) in [4.78, 5) is 32.6. The van der Waals surface area contributed by atoms with E-state index in [1.54, 1.807) is 21.9 Å². The van der Waals surface area contributed by atoms with Crippen molar-refractivity contribution in [1.82, 2.24) is 14.8 Å². The fourth-order valence-electron chi connectivity index (χ4n) is 3.70. The number of hydrogen-bond donors (Lipinski definition) is 1. The van der Waals surface area contributed by atoms with Gasteiger partial charge in [0.25, 0.3) is 21.8 Å². The third kappa shape index (κ3) is 4.86. The fourth-order valence-corrected chi connectivity index (χ4v) is 4.76. The number of pyridine rings is 1. The summed E-state index contributed by atoms with van der Waals surface area (Å²) in [6.45, 7) is 2.42. The molecule has 1 atom stereocenters. The van der Waals surface area contributed by atoms with Crippen LogP contribution in [0.15, 0.2) is 53.7 Å². The van der Waals surface area contributed by atoms with Crippen molar-refractivity contribution in [2.45, 2.75) is 23.8 Å². The van der Waals surface area contributed by atoms with Gasteiger partial charge in [0.1, 0.15) is 6.10 Å². The van der Waals surface area contributed by atoms with E-state index in [-0.39, 0.29) is 22.8 Å². The largest absolute Gasteiger partial charge is 0.368 e. The second-order valence-electron chi connectivity index (χ2n) is 7.48. The lowest BCUT2D eigenvalue weighted by molar-refractivity contribution is -0.142. The smallest absolute Gasteiger partial charge is 0.261 e. The van der Waals surface area contributed by atoms with Gasteiger partial charge in [0.05, 0.1) is 10.6 Å². The van der Waals surface area contributed by atoms with Crippen molar-refractivity contribution in [3.63, 3.8) is 0 Å². The van der Waals surface area contributed by atoms with Crippen molar-refractivity contribution < 1.29 is 22.7 Å². The number of ether oxygens (including phenoxy) is 1. The maximum atomic E-state index is 12.8. The van der Waals surface area contributed by atoms with E-state index in [2.05, 4.69) is 9.71 Å². The number of carbonyl (C=O) groups excluding carboxylic acids is 2. The number of carbonyl (C=O) groups is 2. The van der Waals surface area contributed by atoms with Gasteiger partial charge in [-0.1, -0.05) is 0 Å². The van der Waals surface area contributed by atoms with E-state index in [4.69, 9.17) is 4.74 Å². The van der Waals surface area contributed by atoms with Crippen LogP contribution >= 0.6 is 0 Å². The molecular formula is C21H24N4O5S. The molecule has 1 aromatic heterocycles. The Kier molecular flexibility index (Phi) is 6.19. The molecule has 0 bridgehead atoms. The minimum atomic E-state index is -3.76. The van der Waals surface area contributed by atoms with Crippen LogP contribution in [0.4, 0.5) is 5.69 Å². The van der Waals surface area contributed by atoms with Gasteiger partial charge in [-0.05, 0) is 49.2 Å². The Bertz CT molecular complexity index is 1030. The van der Waals surface area contributed by atoms with Crippen LogP contribution in [0.2, 0.25) is 0 Å². The maximum absolute atomic E-state index is 12.8. The average Bonchev–Trinajstić information content (AvgIpc) is 3.34. The Labute approximate surface area is 181 Å². The summed E-state index contributed by atoms with van der Waals surface area (Å²) in [5.41, 5.74) is 0.812. The van der Waals surface area contributed by atoms with E-state index < -0.39 is 10.0 Å². The molecule has 2 amide bonds. The molecule has 2 aliphatic rings. The van der Waals surface area contributed by atoms with Gasteiger partial charge < -0.3 is 14.5 Å². The average molecular weight is 445 g/mol. The Morgan fingerprint density at radius 2 is 1.61 bits per heavy atom. The van der Waals surface area contributed by atoms with Gasteiger partial charge in [-0.2, -0.15) is 0 Å². The molecule has 2 saturated heterocycles. The van der Waals surface area contributed by atoms with Crippen LogP contribution in [0.5, 0.6) is 0 Å². The van der Waals surface area contributed by atoms with Crippen LogP contribution in [0.3, 0.4) is 0 Å². The van der Waals surface area contributed by atoms with E-state index >= 15 is 0 Å². The molecule has 9 nitrogen and oxygen atoms in total. The quantitative estimate of drug-likeness (QED) is 0.746. The summed E-state index contributed by atoms with van der Waals surface area (Å²) >= 11 is 0. The molecule has 0 radical (unpaired) electrons. The summed E-state index contributed by atoms with van der Waals surface area (Å²) in [6, 6.07) is 8.94. The molecule has 164 valence electrons. The zero-order chi connectivity index (χ0) is 21.8. The number of benzene rings is 1. The van der Waals surface area contributed by atoms with Gasteiger partial charge in [0.2, 0.25) is 0 Å². The van der Waals surface area contributed by atoms with Crippen molar-refractivity contribution in [3.05, 3.63) is 54.4 Å². The number of piperazine rings is 1. The molecule has 2 aromatic rings. The second-order valence-corrected chi connectivity index (χ2v) is 9.17. The number of nitrogens with zero attached hydrogens (tertiary/aromatic N) is 3. The van der Waals surface area contributed by atoms with Gasteiger partial charge >= 0.3 is 0 Å². The first-order valence-electron chi connectivity index (χ1n) is 10.2. The van der Waals surface area contributed by atoms with Crippen molar-refractivity contribution >= 4 is 27.5 Å². The summed E-state index contributed by atoms with van der Waals surface area (Å²) in [6.07, 6.45) is 4.29. The molecule has 4 rings (SSSR count). The van der Waals surface area contributed by atoms with Gasteiger partial charge in [-0.3, -0.25) is 19.3 Å². The molecular weight excluding hydrogens is 420 g/mol. The zero-order valence-corrected chi connectivity index (χ0v) is 17.8. The molecule has 1 aromatic carbocycles. The summed E-state index contributed by atoms with van der Waals surface area (Å²) < 4.78 is 33.0. The number of hydrogen-bond acceptors (Lipinski definition) is 6. The Morgan fingerprint density at radius 3 is 2.23 bits per heavy atom. The minimum absolute atomic E-state index is 0.000792. The summed E-state index contributed by atoms with van der Waals surface area (Å²) in [5, 5.41) is 0. The first kappa shape index (κ1) is 21.3. The number of rotatable bonds is 5. The molecule has 0 saturated carbocycles. The first-order chi connectivity index (χ1) is 14.9. The second kappa shape index (κ2) is 9.03. The van der Waals surface area contributed by atoms with E-state index in [9.17, 15) is 18.0 Å². The van der Waals surface area contributed by atoms with Crippen LogP contribution in [-0.4, -0.2) is 73.9 Å². The highest BCUT2D eigenvalue weighted by Gasteiger charge is 2.31. The highest BCUT2D eigenvalue weighted by molar-refractivity contribution is 7.92. The lowest BCUT2D eigenvalue weighted by atomic mass is 10.1. The Hall–Kier alpha value is -2.98. The van der Waals surface area contributed by atoms with E-state index in [0.717, 1.165) is 12.8 Å². The van der Waals surface area contributed by atoms with Crippen LogP contribution in [0.1, 0.15) is 23.2 Å². The molecule has 2 aliphatic heterocycles. The molecule has 0 spiro atoms. The first-order valence-corrected chi connectivity index (χ1v) is 11.6. The number of anilines is 1. The standard InChI is InChI=1S/C21H24N4O5S/c26-20(24-11-13-25(14-12-24)21(27)19-2-1-15-30-19)16-3-5-18(6-4-16)31(28,29)23-17-7-9-22-10-8-17/h3-10,19H,1-2,11-15H2,(H,22,23). The molecule has 31 heavy (non-hydrogen) atoms. The van der Waals surface area contributed by atoms with Crippen molar-refractivity contribution in [3.8, 4) is 0 Å². The molecule has 2 fully saturated rings. The van der Waals surface area contributed by atoms with E-state index in [0.29, 0.717) is 44.0 Å². The predicted molar refractivity (Wildman–Crippen MR) is 113 cm³/mol. The summed E-state index contributed by atoms with van der Waals surface area (Å²) in [7, 11) is -3.76. The maximum Gasteiger partial charge on any atom is 0.261 e. The number of amides is 2. The van der Waals surface area contributed by atoms with Gasteiger partial charge in [-0.25, -0.2) is 8.42 Å². The molecule has 3 heterocycles. The van der Waals surface area contributed by atoms with Crippen LogP contribution in [0.25, 0.3) is 0 Å². The van der Waals surface area contributed by atoms with Gasteiger partial charge in [-0.15, -0.1) is 0 Å².